The summed E-state index contributed by atoms with van der Waals surface area (Å²) in [5, 5.41) is 6.47. The quantitative estimate of drug-likeness (QED) is 0.807. The Balaban J connectivity index is 3.02. The highest BCUT2D eigenvalue weighted by atomic mass is 16.2. The van der Waals surface area contributed by atoms with Crippen LogP contribution in [0.5, 0.6) is 0 Å². The minimum absolute atomic E-state index is 0.0517. The molecule has 0 bridgehead atoms. The van der Waals surface area contributed by atoms with Gasteiger partial charge in [0.1, 0.15) is 24.0 Å². The maximum absolute atomic E-state index is 12.2. The fourth-order valence-electron chi connectivity index (χ4n) is 2.12. The van der Waals surface area contributed by atoms with Crippen LogP contribution in [0.4, 0.5) is 11.6 Å². The zero-order valence-electron chi connectivity index (χ0n) is 13.9. The number of rotatable bonds is 7. The van der Waals surface area contributed by atoms with Gasteiger partial charge in [0.25, 0.3) is 0 Å². The zero-order valence-corrected chi connectivity index (χ0v) is 13.9. The van der Waals surface area contributed by atoms with Gasteiger partial charge in [-0.15, -0.1) is 0 Å². The molecule has 0 aliphatic heterocycles. The molecular formula is C15H27N5O. The van der Waals surface area contributed by atoms with E-state index in [-0.39, 0.29) is 17.9 Å². The van der Waals surface area contributed by atoms with Crippen molar-refractivity contribution in [3.05, 3.63) is 11.9 Å². The van der Waals surface area contributed by atoms with Crippen molar-refractivity contribution in [3.8, 4) is 0 Å². The molecule has 0 fully saturated rings. The van der Waals surface area contributed by atoms with Gasteiger partial charge < -0.3 is 15.5 Å². The third-order valence-electron chi connectivity index (χ3n) is 3.38. The number of nitrogens with one attached hydrogen (secondary N) is 2. The molecule has 1 atom stereocenters. The molecule has 1 unspecified atom stereocenters. The highest BCUT2D eigenvalue weighted by Gasteiger charge is 2.20. The Kier molecular flexibility index (Phi) is 6.39. The largest absolute Gasteiger partial charge is 0.370 e. The van der Waals surface area contributed by atoms with Gasteiger partial charge in [-0.3, -0.25) is 4.79 Å². The average molecular weight is 293 g/mol. The van der Waals surface area contributed by atoms with Crippen LogP contribution in [0.1, 0.15) is 46.1 Å². The highest BCUT2D eigenvalue weighted by Crippen LogP contribution is 2.28. The molecule has 1 heterocycles. The van der Waals surface area contributed by atoms with Crippen LogP contribution in [-0.4, -0.2) is 47.0 Å². The minimum Gasteiger partial charge on any atom is -0.370 e. The van der Waals surface area contributed by atoms with E-state index in [1.807, 2.05) is 20.8 Å². The normalized spacial score (nSPS) is 12.1. The molecule has 0 aliphatic carbocycles. The molecule has 1 amide bonds. The number of amides is 1. The Morgan fingerprint density at radius 1 is 1.24 bits per heavy atom. The fraction of sp³-hybridized carbons (Fsp3) is 0.667. The van der Waals surface area contributed by atoms with Crippen LogP contribution in [0.15, 0.2) is 6.33 Å². The Hall–Kier alpha value is -1.85. The first kappa shape index (κ1) is 17.2. The van der Waals surface area contributed by atoms with Gasteiger partial charge in [0.2, 0.25) is 5.91 Å². The van der Waals surface area contributed by atoms with E-state index in [1.54, 1.807) is 11.9 Å². The van der Waals surface area contributed by atoms with Crippen molar-refractivity contribution in [2.75, 3.05) is 30.8 Å². The topological polar surface area (TPSA) is 70.1 Å². The van der Waals surface area contributed by atoms with Gasteiger partial charge in [-0.25, -0.2) is 9.97 Å². The van der Waals surface area contributed by atoms with Crippen LogP contribution in [0, 0.1) is 0 Å². The number of carbonyl (C=O) groups excluding carboxylic acids is 1. The number of aromatic nitrogens is 2. The van der Waals surface area contributed by atoms with Crippen LogP contribution in [0.2, 0.25) is 0 Å². The summed E-state index contributed by atoms with van der Waals surface area (Å²) in [6.07, 6.45) is 1.52. The molecule has 0 saturated carbocycles. The molecule has 118 valence electrons. The fourth-order valence-corrected chi connectivity index (χ4v) is 2.12. The molecule has 0 radical (unpaired) electrons. The number of anilines is 2. The van der Waals surface area contributed by atoms with Gasteiger partial charge in [0.05, 0.1) is 0 Å². The monoisotopic (exact) mass is 293 g/mol. The van der Waals surface area contributed by atoms with Gasteiger partial charge in [-0.1, -0.05) is 13.8 Å². The van der Waals surface area contributed by atoms with Crippen LogP contribution < -0.4 is 10.6 Å². The Morgan fingerprint density at radius 3 is 2.38 bits per heavy atom. The highest BCUT2D eigenvalue weighted by molar-refractivity contribution is 5.84. The van der Waals surface area contributed by atoms with Crippen molar-refractivity contribution in [3.63, 3.8) is 0 Å². The predicted molar refractivity (Wildman–Crippen MR) is 86.7 cm³/mol. The van der Waals surface area contributed by atoms with Crippen LogP contribution in [0.25, 0.3) is 0 Å². The smallest absolute Gasteiger partial charge is 0.244 e. The van der Waals surface area contributed by atoms with E-state index >= 15 is 0 Å². The summed E-state index contributed by atoms with van der Waals surface area (Å²) in [5.74, 6) is 1.86. The van der Waals surface area contributed by atoms with Crippen molar-refractivity contribution in [2.45, 2.75) is 46.6 Å². The molecule has 0 aromatic carbocycles. The summed E-state index contributed by atoms with van der Waals surface area (Å²) >= 11 is 0. The number of nitrogens with zero attached hydrogens (tertiary/aromatic N) is 3. The Morgan fingerprint density at radius 2 is 1.86 bits per heavy atom. The summed E-state index contributed by atoms with van der Waals surface area (Å²) in [6.45, 7) is 11.5. The molecule has 6 nitrogen and oxygen atoms in total. The van der Waals surface area contributed by atoms with E-state index in [0.29, 0.717) is 6.54 Å². The third-order valence-corrected chi connectivity index (χ3v) is 3.38. The van der Waals surface area contributed by atoms with E-state index in [1.165, 1.54) is 6.33 Å². The lowest BCUT2D eigenvalue weighted by Crippen LogP contribution is -2.39. The lowest BCUT2D eigenvalue weighted by atomic mass is 10.0. The van der Waals surface area contributed by atoms with E-state index in [4.69, 9.17) is 0 Å². The molecular weight excluding hydrogens is 266 g/mol. The molecule has 0 spiro atoms. The standard InChI is InChI=1S/C15H27N5O/c1-7-16-13-12(10(3)4)14(18-9-17-13)19-11(5)15(21)20(6)8-2/h9-11H,7-8H2,1-6H3,(H2,16,17,18,19). The van der Waals surface area contributed by atoms with E-state index in [9.17, 15) is 4.79 Å². The van der Waals surface area contributed by atoms with E-state index in [0.717, 1.165) is 23.7 Å². The maximum Gasteiger partial charge on any atom is 0.244 e. The summed E-state index contributed by atoms with van der Waals surface area (Å²) in [6, 6.07) is -0.322. The predicted octanol–water partition coefficient (Wildman–Crippen LogP) is 2.31. The molecule has 2 N–H and O–H groups in total. The SMILES string of the molecule is CCNc1ncnc(NC(C)C(=O)N(C)CC)c1C(C)C. The Bertz CT molecular complexity index is 475. The van der Waals surface area contributed by atoms with Gasteiger partial charge in [-0.2, -0.15) is 0 Å². The first-order valence-electron chi connectivity index (χ1n) is 7.52. The molecule has 1 aromatic heterocycles. The van der Waals surface area contributed by atoms with Gasteiger partial charge >= 0.3 is 0 Å². The molecule has 0 aliphatic rings. The second kappa shape index (κ2) is 7.81. The van der Waals surface area contributed by atoms with Crippen LogP contribution >= 0.6 is 0 Å². The third kappa shape index (κ3) is 4.31. The first-order valence-corrected chi connectivity index (χ1v) is 7.52. The second-order valence-corrected chi connectivity index (χ2v) is 5.39. The molecule has 21 heavy (non-hydrogen) atoms. The van der Waals surface area contributed by atoms with Crippen LogP contribution in [0.3, 0.4) is 0 Å². The van der Waals surface area contributed by atoms with Gasteiger partial charge in [0.15, 0.2) is 0 Å². The number of likely N-dealkylation sites (N-methyl/N-ethyl adjacent to an activating group) is 1. The van der Waals surface area contributed by atoms with Crippen molar-refractivity contribution >= 4 is 17.5 Å². The summed E-state index contributed by atoms with van der Waals surface area (Å²) in [5.41, 5.74) is 1.01. The first-order chi connectivity index (χ1) is 9.92. The number of hydrogen-bond acceptors (Lipinski definition) is 5. The van der Waals surface area contributed by atoms with Crippen LogP contribution in [-0.2, 0) is 4.79 Å². The maximum atomic E-state index is 12.2. The lowest BCUT2D eigenvalue weighted by Gasteiger charge is -2.23. The number of hydrogen-bond donors (Lipinski definition) is 2. The van der Waals surface area contributed by atoms with Crippen molar-refractivity contribution in [1.29, 1.82) is 0 Å². The lowest BCUT2D eigenvalue weighted by molar-refractivity contribution is -0.130. The van der Waals surface area contributed by atoms with Gasteiger partial charge in [-0.05, 0) is 26.7 Å². The second-order valence-electron chi connectivity index (χ2n) is 5.39. The van der Waals surface area contributed by atoms with Crippen molar-refractivity contribution < 1.29 is 4.79 Å². The van der Waals surface area contributed by atoms with Crippen molar-refractivity contribution in [1.82, 2.24) is 14.9 Å². The summed E-state index contributed by atoms with van der Waals surface area (Å²) in [4.78, 5) is 22.5. The zero-order chi connectivity index (χ0) is 16.0. The number of carbonyl (C=O) groups is 1. The average Bonchev–Trinajstić information content (AvgIpc) is 2.45. The Labute approximate surface area is 127 Å². The van der Waals surface area contributed by atoms with E-state index < -0.39 is 0 Å². The van der Waals surface area contributed by atoms with Crippen molar-refractivity contribution in [2.24, 2.45) is 0 Å². The van der Waals surface area contributed by atoms with E-state index in [2.05, 4.69) is 34.4 Å². The van der Waals surface area contributed by atoms with Gasteiger partial charge in [0, 0.05) is 25.7 Å². The minimum atomic E-state index is -0.322. The molecule has 1 aromatic rings. The summed E-state index contributed by atoms with van der Waals surface area (Å²) in [7, 11) is 1.80. The molecule has 1 rings (SSSR count). The molecule has 0 saturated heterocycles. The summed E-state index contributed by atoms with van der Waals surface area (Å²) < 4.78 is 0. The molecule has 6 heteroatoms.